The van der Waals surface area contributed by atoms with Gasteiger partial charge in [0, 0.05) is 22.9 Å². The number of hydrogen-bond acceptors (Lipinski definition) is 6. The van der Waals surface area contributed by atoms with Crippen molar-refractivity contribution >= 4 is 22.4 Å². The number of aromatic amines is 1. The van der Waals surface area contributed by atoms with Gasteiger partial charge in [-0.05, 0) is 45.2 Å². The Balaban J connectivity index is 1.60. The minimum absolute atomic E-state index is 0.148. The Hall–Kier alpha value is -2.87. The van der Waals surface area contributed by atoms with E-state index in [2.05, 4.69) is 22.0 Å². The van der Waals surface area contributed by atoms with Crippen LogP contribution in [0.1, 0.15) is 51.6 Å². The number of pyridine rings is 1. The smallest absolute Gasteiger partial charge is 0.262 e. The molecule has 7 nitrogen and oxygen atoms in total. The summed E-state index contributed by atoms with van der Waals surface area (Å²) in [4.78, 5) is 30.7. The lowest BCUT2D eigenvalue weighted by atomic mass is 9.73. The summed E-state index contributed by atoms with van der Waals surface area (Å²) in [6.07, 6.45) is 7.13. The molecule has 4 heterocycles. The van der Waals surface area contributed by atoms with Gasteiger partial charge in [-0.2, -0.15) is 5.10 Å². The molecule has 1 fully saturated rings. The Morgan fingerprint density at radius 1 is 1.14 bits per heavy atom. The average molecular weight is 392 g/mol. The number of H-pyrrole nitrogens is 1. The Kier molecular flexibility index (Phi) is 3.90. The summed E-state index contributed by atoms with van der Waals surface area (Å²) >= 11 is 1.75. The van der Waals surface area contributed by atoms with Gasteiger partial charge in [0.05, 0.1) is 28.8 Å². The maximum atomic E-state index is 12.7. The van der Waals surface area contributed by atoms with Crippen molar-refractivity contribution in [1.29, 1.82) is 0 Å². The van der Waals surface area contributed by atoms with E-state index in [-0.39, 0.29) is 11.5 Å². The minimum atomic E-state index is -0.148. The largest absolute Gasteiger partial charge is 0.310 e. The molecule has 28 heavy (non-hydrogen) atoms. The molecular formula is C20H20N6OS. The van der Waals surface area contributed by atoms with Crippen molar-refractivity contribution in [3.8, 4) is 5.69 Å². The van der Waals surface area contributed by atoms with Crippen LogP contribution in [0.3, 0.4) is 0 Å². The quantitative estimate of drug-likeness (QED) is 0.576. The predicted molar refractivity (Wildman–Crippen MR) is 108 cm³/mol. The van der Waals surface area contributed by atoms with E-state index in [1.807, 2.05) is 19.9 Å². The molecule has 4 aromatic heterocycles. The molecule has 142 valence electrons. The summed E-state index contributed by atoms with van der Waals surface area (Å²) in [5.74, 6) is 1.22. The van der Waals surface area contributed by atoms with E-state index in [1.165, 1.54) is 4.88 Å². The molecule has 1 N–H and O–H groups in total. The second-order valence-electron chi connectivity index (χ2n) is 7.39. The van der Waals surface area contributed by atoms with Crippen LogP contribution in [0.15, 0.2) is 29.5 Å². The molecule has 1 aliphatic rings. The SMILES string of the molecule is Cc1ccncc1-n1ncc2c(=O)[nH]c([C@@H]3CC[C@H]3c3nc(C)c(C)s3)nc21. The Bertz CT molecular complexity index is 1230. The Morgan fingerprint density at radius 2 is 1.96 bits per heavy atom. The van der Waals surface area contributed by atoms with Crippen molar-refractivity contribution in [2.75, 3.05) is 0 Å². The molecule has 4 aromatic rings. The van der Waals surface area contributed by atoms with Gasteiger partial charge in [0.15, 0.2) is 5.65 Å². The van der Waals surface area contributed by atoms with E-state index in [1.54, 1.807) is 34.6 Å². The van der Waals surface area contributed by atoms with Crippen molar-refractivity contribution in [3.05, 3.63) is 62.0 Å². The van der Waals surface area contributed by atoms with Crippen LogP contribution in [0, 0.1) is 20.8 Å². The highest BCUT2D eigenvalue weighted by molar-refractivity contribution is 7.11. The number of rotatable bonds is 3. The predicted octanol–water partition coefficient (Wildman–Crippen LogP) is 3.55. The number of thiazole rings is 1. The van der Waals surface area contributed by atoms with E-state index in [0.29, 0.717) is 17.0 Å². The summed E-state index contributed by atoms with van der Waals surface area (Å²) < 4.78 is 1.71. The highest BCUT2D eigenvalue weighted by atomic mass is 32.1. The van der Waals surface area contributed by atoms with E-state index >= 15 is 0 Å². The van der Waals surface area contributed by atoms with Gasteiger partial charge in [-0.15, -0.1) is 11.3 Å². The van der Waals surface area contributed by atoms with Crippen molar-refractivity contribution in [2.24, 2.45) is 0 Å². The van der Waals surface area contributed by atoms with Crippen LogP contribution in [0.5, 0.6) is 0 Å². The monoisotopic (exact) mass is 392 g/mol. The third kappa shape index (κ3) is 2.59. The van der Waals surface area contributed by atoms with Crippen LogP contribution in [0.2, 0.25) is 0 Å². The summed E-state index contributed by atoms with van der Waals surface area (Å²) in [6, 6.07) is 1.92. The standard InChI is InChI=1S/C20H20N6OS/c1-10-6-7-21-9-16(10)26-18-15(8-22-26)19(27)25-17(24-18)13-4-5-14(13)20-23-11(2)12(3)28-20/h6-9,13-14H,4-5H2,1-3H3,(H,24,25,27)/t13-,14-/m1/s1. The van der Waals surface area contributed by atoms with Gasteiger partial charge in [0.1, 0.15) is 11.2 Å². The molecule has 1 saturated carbocycles. The normalized spacial score (nSPS) is 19.1. The first kappa shape index (κ1) is 17.2. The highest BCUT2D eigenvalue weighted by Crippen LogP contribution is 2.49. The van der Waals surface area contributed by atoms with Crippen LogP contribution < -0.4 is 5.56 Å². The van der Waals surface area contributed by atoms with E-state index in [9.17, 15) is 4.79 Å². The molecule has 0 saturated heterocycles. The third-order valence-corrected chi connectivity index (χ3v) is 6.89. The fraction of sp³-hybridized carbons (Fsp3) is 0.350. The zero-order valence-electron chi connectivity index (χ0n) is 15.9. The minimum Gasteiger partial charge on any atom is -0.310 e. The lowest BCUT2D eigenvalue weighted by molar-refractivity contribution is 0.331. The molecular weight excluding hydrogens is 372 g/mol. The van der Waals surface area contributed by atoms with E-state index in [0.717, 1.165) is 40.6 Å². The first-order chi connectivity index (χ1) is 13.5. The number of nitrogens with one attached hydrogen (secondary N) is 1. The fourth-order valence-corrected chi connectivity index (χ4v) is 4.87. The first-order valence-corrected chi connectivity index (χ1v) is 10.2. The molecule has 0 aliphatic heterocycles. The van der Waals surface area contributed by atoms with Gasteiger partial charge in [0.25, 0.3) is 5.56 Å². The lowest BCUT2D eigenvalue weighted by Gasteiger charge is -2.34. The number of nitrogens with zero attached hydrogens (tertiary/aromatic N) is 5. The van der Waals surface area contributed by atoms with Gasteiger partial charge >= 0.3 is 0 Å². The van der Waals surface area contributed by atoms with Crippen LogP contribution in [-0.4, -0.2) is 29.7 Å². The van der Waals surface area contributed by atoms with Gasteiger partial charge < -0.3 is 4.98 Å². The van der Waals surface area contributed by atoms with Crippen molar-refractivity contribution in [1.82, 2.24) is 29.7 Å². The summed E-state index contributed by atoms with van der Waals surface area (Å²) in [5, 5.41) is 6.04. The molecule has 0 spiro atoms. The van der Waals surface area contributed by atoms with E-state index < -0.39 is 0 Å². The fourth-order valence-electron chi connectivity index (χ4n) is 3.74. The number of aryl methyl sites for hydroxylation is 3. The topological polar surface area (TPSA) is 89.4 Å². The summed E-state index contributed by atoms with van der Waals surface area (Å²) in [7, 11) is 0. The second kappa shape index (κ2) is 6.34. The van der Waals surface area contributed by atoms with Gasteiger partial charge in [-0.1, -0.05) is 0 Å². The van der Waals surface area contributed by atoms with Gasteiger partial charge in [0.2, 0.25) is 0 Å². The number of hydrogen-bond donors (Lipinski definition) is 1. The van der Waals surface area contributed by atoms with E-state index in [4.69, 9.17) is 9.97 Å². The maximum absolute atomic E-state index is 12.7. The molecule has 0 unspecified atom stereocenters. The molecule has 1 aliphatic carbocycles. The van der Waals surface area contributed by atoms with Crippen molar-refractivity contribution in [3.63, 3.8) is 0 Å². The second-order valence-corrected chi connectivity index (χ2v) is 8.63. The molecule has 0 bridgehead atoms. The number of aromatic nitrogens is 6. The van der Waals surface area contributed by atoms with Crippen molar-refractivity contribution in [2.45, 2.75) is 45.4 Å². The van der Waals surface area contributed by atoms with Crippen molar-refractivity contribution < 1.29 is 0 Å². The molecule has 0 aromatic carbocycles. The lowest BCUT2D eigenvalue weighted by Crippen LogP contribution is -2.26. The zero-order chi connectivity index (χ0) is 19.4. The maximum Gasteiger partial charge on any atom is 0.262 e. The molecule has 8 heteroatoms. The highest BCUT2D eigenvalue weighted by Gasteiger charge is 2.37. The average Bonchev–Trinajstić information content (AvgIpc) is 3.18. The third-order valence-electron chi connectivity index (χ3n) is 5.68. The van der Waals surface area contributed by atoms with Crippen LogP contribution in [0.25, 0.3) is 16.7 Å². The van der Waals surface area contributed by atoms with Gasteiger partial charge in [-0.3, -0.25) is 9.78 Å². The molecule has 0 amide bonds. The Labute approximate surface area is 165 Å². The Morgan fingerprint density at radius 3 is 2.64 bits per heavy atom. The van der Waals surface area contributed by atoms with Crippen LogP contribution >= 0.6 is 11.3 Å². The van der Waals surface area contributed by atoms with Crippen LogP contribution in [-0.2, 0) is 0 Å². The molecule has 0 radical (unpaired) electrons. The zero-order valence-corrected chi connectivity index (χ0v) is 16.7. The van der Waals surface area contributed by atoms with Gasteiger partial charge in [-0.25, -0.2) is 14.6 Å². The van der Waals surface area contributed by atoms with Crippen LogP contribution in [0.4, 0.5) is 0 Å². The summed E-state index contributed by atoms with van der Waals surface area (Å²) in [6.45, 7) is 6.14. The molecule has 5 rings (SSSR count). The summed E-state index contributed by atoms with van der Waals surface area (Å²) in [5.41, 5.74) is 3.38. The molecule has 2 atom stereocenters. The first-order valence-electron chi connectivity index (χ1n) is 9.36. The number of fused-ring (bicyclic) bond motifs is 1.